The lowest BCUT2D eigenvalue weighted by Crippen LogP contribution is -1.98. The first-order chi connectivity index (χ1) is 6.07. The SMILES string of the molecule is Cc1c(F)cc(CC#N)c(C)c1F. The predicted molar refractivity (Wildman–Crippen MR) is 45.1 cm³/mol. The second-order valence-corrected chi connectivity index (χ2v) is 2.92. The van der Waals surface area contributed by atoms with Crippen LogP contribution < -0.4 is 0 Å². The molecule has 13 heavy (non-hydrogen) atoms. The van der Waals surface area contributed by atoms with E-state index in [-0.39, 0.29) is 12.0 Å². The highest BCUT2D eigenvalue weighted by atomic mass is 19.1. The molecule has 1 rings (SSSR count). The van der Waals surface area contributed by atoms with Crippen molar-refractivity contribution in [1.29, 1.82) is 5.26 Å². The molecule has 0 heterocycles. The van der Waals surface area contributed by atoms with Gasteiger partial charge in [0.05, 0.1) is 12.5 Å². The normalized spacial score (nSPS) is 9.77. The van der Waals surface area contributed by atoms with Crippen molar-refractivity contribution in [1.82, 2.24) is 0 Å². The molecule has 0 saturated carbocycles. The van der Waals surface area contributed by atoms with Gasteiger partial charge in [-0.1, -0.05) is 0 Å². The number of rotatable bonds is 1. The topological polar surface area (TPSA) is 23.8 Å². The lowest BCUT2D eigenvalue weighted by molar-refractivity contribution is 0.559. The first-order valence-electron chi connectivity index (χ1n) is 3.89. The van der Waals surface area contributed by atoms with Gasteiger partial charge in [0.15, 0.2) is 0 Å². The minimum absolute atomic E-state index is 0.0131. The molecular weight excluding hydrogens is 172 g/mol. The Morgan fingerprint density at radius 2 is 1.92 bits per heavy atom. The lowest BCUT2D eigenvalue weighted by Gasteiger charge is -2.06. The van der Waals surface area contributed by atoms with Gasteiger partial charge in [-0.15, -0.1) is 0 Å². The van der Waals surface area contributed by atoms with Gasteiger partial charge in [0, 0.05) is 5.56 Å². The van der Waals surface area contributed by atoms with E-state index in [1.54, 1.807) is 6.92 Å². The molecule has 1 nitrogen and oxygen atoms in total. The van der Waals surface area contributed by atoms with Crippen LogP contribution in [0, 0.1) is 36.8 Å². The number of nitriles is 1. The molecule has 1 aromatic rings. The van der Waals surface area contributed by atoms with Crippen LogP contribution in [0.2, 0.25) is 0 Å². The third-order valence-corrected chi connectivity index (χ3v) is 2.07. The Bertz CT molecular complexity index is 377. The summed E-state index contributed by atoms with van der Waals surface area (Å²) in [7, 11) is 0. The Morgan fingerprint density at radius 1 is 1.31 bits per heavy atom. The van der Waals surface area contributed by atoms with Crippen molar-refractivity contribution >= 4 is 0 Å². The highest BCUT2D eigenvalue weighted by Crippen LogP contribution is 2.19. The zero-order chi connectivity index (χ0) is 10.0. The molecule has 0 aliphatic carbocycles. The van der Waals surface area contributed by atoms with Crippen LogP contribution >= 0.6 is 0 Å². The zero-order valence-electron chi connectivity index (χ0n) is 7.49. The van der Waals surface area contributed by atoms with E-state index >= 15 is 0 Å². The first-order valence-corrected chi connectivity index (χ1v) is 3.89. The summed E-state index contributed by atoms with van der Waals surface area (Å²) in [5, 5.41) is 8.40. The molecule has 0 aromatic heterocycles. The molecule has 3 heteroatoms. The Kier molecular flexibility index (Phi) is 2.62. The van der Waals surface area contributed by atoms with Gasteiger partial charge in [-0.05, 0) is 31.0 Å². The maximum absolute atomic E-state index is 13.2. The van der Waals surface area contributed by atoms with Crippen LogP contribution in [0.4, 0.5) is 8.78 Å². The molecule has 0 spiro atoms. The number of halogens is 2. The van der Waals surface area contributed by atoms with Crippen LogP contribution in [0.15, 0.2) is 6.07 Å². The lowest BCUT2D eigenvalue weighted by atomic mass is 10.0. The predicted octanol–water partition coefficient (Wildman–Crippen LogP) is 2.65. The smallest absolute Gasteiger partial charge is 0.132 e. The summed E-state index contributed by atoms with van der Waals surface area (Å²) in [6, 6.07) is 3.08. The van der Waals surface area contributed by atoms with Gasteiger partial charge in [-0.2, -0.15) is 5.26 Å². The van der Waals surface area contributed by atoms with Crippen molar-refractivity contribution in [3.8, 4) is 6.07 Å². The summed E-state index contributed by atoms with van der Waals surface area (Å²) >= 11 is 0. The summed E-state index contributed by atoms with van der Waals surface area (Å²) in [6.45, 7) is 2.93. The molecular formula is C10H9F2N. The monoisotopic (exact) mass is 181 g/mol. The number of benzene rings is 1. The van der Waals surface area contributed by atoms with Crippen molar-refractivity contribution < 1.29 is 8.78 Å². The molecule has 68 valence electrons. The van der Waals surface area contributed by atoms with Crippen molar-refractivity contribution in [3.05, 3.63) is 34.4 Å². The van der Waals surface area contributed by atoms with Crippen molar-refractivity contribution in [2.24, 2.45) is 0 Å². The fraction of sp³-hybridized carbons (Fsp3) is 0.300. The van der Waals surface area contributed by atoms with E-state index < -0.39 is 11.6 Å². The standard InChI is InChI=1S/C10H9F2N/c1-6-8(3-4-13)5-9(11)7(2)10(6)12/h5H,3H2,1-2H3. The van der Waals surface area contributed by atoms with Gasteiger partial charge >= 0.3 is 0 Å². The van der Waals surface area contributed by atoms with Crippen LogP contribution in [0.5, 0.6) is 0 Å². The van der Waals surface area contributed by atoms with E-state index in [1.807, 2.05) is 6.07 Å². The first kappa shape index (κ1) is 9.66. The third-order valence-electron chi connectivity index (χ3n) is 2.07. The van der Waals surface area contributed by atoms with Crippen LogP contribution in [0.3, 0.4) is 0 Å². The molecule has 0 unspecified atom stereocenters. The molecule has 0 radical (unpaired) electrons. The maximum Gasteiger partial charge on any atom is 0.132 e. The largest absolute Gasteiger partial charge is 0.207 e. The highest BCUT2D eigenvalue weighted by molar-refractivity contribution is 5.34. The molecule has 0 atom stereocenters. The van der Waals surface area contributed by atoms with Gasteiger partial charge in [0.2, 0.25) is 0 Å². The fourth-order valence-corrected chi connectivity index (χ4v) is 1.17. The van der Waals surface area contributed by atoms with E-state index in [1.165, 1.54) is 13.0 Å². The fourth-order valence-electron chi connectivity index (χ4n) is 1.17. The van der Waals surface area contributed by atoms with Gasteiger partial charge in [0.1, 0.15) is 11.6 Å². The van der Waals surface area contributed by atoms with Crippen molar-refractivity contribution in [3.63, 3.8) is 0 Å². The molecule has 0 N–H and O–H groups in total. The van der Waals surface area contributed by atoms with Crippen LogP contribution in [-0.4, -0.2) is 0 Å². The Balaban J connectivity index is 3.34. The third kappa shape index (κ3) is 1.67. The van der Waals surface area contributed by atoms with E-state index in [9.17, 15) is 8.78 Å². The summed E-state index contributed by atoms with van der Waals surface area (Å²) in [5.74, 6) is -1.14. The summed E-state index contributed by atoms with van der Waals surface area (Å²) in [4.78, 5) is 0. The summed E-state index contributed by atoms with van der Waals surface area (Å²) in [5.41, 5.74) is 0.794. The average Bonchev–Trinajstić information content (AvgIpc) is 2.11. The van der Waals surface area contributed by atoms with Crippen molar-refractivity contribution in [2.45, 2.75) is 20.3 Å². The number of hydrogen-bond donors (Lipinski definition) is 0. The van der Waals surface area contributed by atoms with Gasteiger partial charge in [-0.25, -0.2) is 8.78 Å². The maximum atomic E-state index is 13.2. The second kappa shape index (κ2) is 3.53. The van der Waals surface area contributed by atoms with E-state index in [0.717, 1.165) is 0 Å². The molecule has 0 saturated heterocycles. The molecule has 0 amide bonds. The van der Waals surface area contributed by atoms with E-state index in [2.05, 4.69) is 0 Å². The minimum atomic E-state index is -0.589. The molecule has 0 aliphatic rings. The highest BCUT2D eigenvalue weighted by Gasteiger charge is 2.11. The quantitative estimate of drug-likeness (QED) is 0.653. The van der Waals surface area contributed by atoms with Crippen LogP contribution in [0.25, 0.3) is 0 Å². The Morgan fingerprint density at radius 3 is 2.46 bits per heavy atom. The van der Waals surface area contributed by atoms with Crippen molar-refractivity contribution in [2.75, 3.05) is 0 Å². The minimum Gasteiger partial charge on any atom is -0.207 e. The summed E-state index contributed by atoms with van der Waals surface area (Å²) < 4.78 is 26.2. The average molecular weight is 181 g/mol. The van der Waals surface area contributed by atoms with Crippen LogP contribution in [-0.2, 0) is 6.42 Å². The molecule has 0 bridgehead atoms. The summed E-state index contributed by atoms with van der Waals surface area (Å²) in [6.07, 6.45) is 0.0416. The van der Waals surface area contributed by atoms with E-state index in [4.69, 9.17) is 5.26 Å². The van der Waals surface area contributed by atoms with Gasteiger partial charge in [-0.3, -0.25) is 0 Å². The molecule has 0 fully saturated rings. The second-order valence-electron chi connectivity index (χ2n) is 2.92. The number of hydrogen-bond acceptors (Lipinski definition) is 1. The Hall–Kier alpha value is -1.43. The van der Waals surface area contributed by atoms with Gasteiger partial charge < -0.3 is 0 Å². The number of nitrogens with zero attached hydrogens (tertiary/aromatic N) is 1. The van der Waals surface area contributed by atoms with Gasteiger partial charge in [0.25, 0.3) is 0 Å². The van der Waals surface area contributed by atoms with Crippen LogP contribution in [0.1, 0.15) is 16.7 Å². The molecule has 0 aliphatic heterocycles. The zero-order valence-corrected chi connectivity index (χ0v) is 7.49. The Labute approximate surface area is 75.6 Å². The molecule has 1 aromatic carbocycles. The van der Waals surface area contributed by atoms with E-state index in [0.29, 0.717) is 11.1 Å².